The summed E-state index contributed by atoms with van der Waals surface area (Å²) in [4.78, 5) is 17.2. The number of hydrogen-bond donors (Lipinski definition) is 0. The number of hydrogen-bond acceptors (Lipinski definition) is 5. The zero-order chi connectivity index (χ0) is 18.0. The van der Waals surface area contributed by atoms with E-state index in [1.165, 1.54) is 23.5 Å². The number of nitro benzene ring substituents is 1. The Kier molecular flexibility index (Phi) is 5.01. The molecule has 3 rings (SSSR count). The molecule has 0 fully saturated rings. The first kappa shape index (κ1) is 17.4. The van der Waals surface area contributed by atoms with E-state index in [9.17, 15) is 10.1 Å². The largest absolute Gasteiger partial charge is 0.315 e. The third kappa shape index (κ3) is 3.81. The van der Waals surface area contributed by atoms with Gasteiger partial charge in [0.1, 0.15) is 0 Å². The molecule has 3 aromatic rings. The normalized spacial score (nSPS) is 10.9. The van der Waals surface area contributed by atoms with Crippen LogP contribution in [0.2, 0.25) is 5.02 Å². The van der Waals surface area contributed by atoms with Gasteiger partial charge in [-0.15, -0.1) is 11.3 Å². The van der Waals surface area contributed by atoms with E-state index in [-0.39, 0.29) is 11.7 Å². The van der Waals surface area contributed by atoms with Crippen LogP contribution in [-0.2, 0) is 0 Å². The Labute approximate surface area is 154 Å². The maximum Gasteiger partial charge on any atom is 0.269 e. The number of nitro groups is 1. The fourth-order valence-electron chi connectivity index (χ4n) is 2.49. The molecule has 1 heterocycles. The minimum absolute atomic E-state index is 0.0733. The molecule has 1 aromatic heterocycles. The smallest absolute Gasteiger partial charge is 0.269 e. The SMILES string of the molecule is CC(C)N(c1ccc(Cl)cc1)c1nc(-c2ccc([N+](=O)[O-])cc2)cs1. The average molecular weight is 374 g/mol. The zero-order valence-corrected chi connectivity index (χ0v) is 15.3. The van der Waals surface area contributed by atoms with Crippen molar-refractivity contribution in [2.75, 3.05) is 4.90 Å². The molecule has 0 amide bonds. The summed E-state index contributed by atoms with van der Waals surface area (Å²) in [5, 5.41) is 14.3. The van der Waals surface area contributed by atoms with E-state index in [0.717, 1.165) is 22.1 Å². The number of rotatable bonds is 5. The minimum Gasteiger partial charge on any atom is -0.315 e. The van der Waals surface area contributed by atoms with Gasteiger partial charge < -0.3 is 4.90 Å². The first-order valence-electron chi connectivity index (χ1n) is 7.71. The standard InChI is InChI=1S/C18H16ClN3O2S/c1-12(2)21(15-9-5-14(19)6-10-15)18-20-17(11-25-18)13-3-7-16(8-4-13)22(23)24/h3-12H,1-2H3. The van der Waals surface area contributed by atoms with Crippen molar-refractivity contribution in [1.82, 2.24) is 4.98 Å². The van der Waals surface area contributed by atoms with Crippen molar-refractivity contribution in [2.24, 2.45) is 0 Å². The van der Waals surface area contributed by atoms with Gasteiger partial charge in [0.25, 0.3) is 5.69 Å². The lowest BCUT2D eigenvalue weighted by atomic mass is 10.1. The Morgan fingerprint density at radius 3 is 2.32 bits per heavy atom. The van der Waals surface area contributed by atoms with Crippen molar-refractivity contribution in [1.29, 1.82) is 0 Å². The first-order chi connectivity index (χ1) is 12.0. The number of non-ortho nitro benzene ring substituents is 1. The molecule has 7 heteroatoms. The summed E-state index contributed by atoms with van der Waals surface area (Å²) in [5.41, 5.74) is 2.75. The van der Waals surface area contributed by atoms with Crippen LogP contribution in [0.25, 0.3) is 11.3 Å². The Morgan fingerprint density at radius 2 is 1.76 bits per heavy atom. The van der Waals surface area contributed by atoms with E-state index >= 15 is 0 Å². The summed E-state index contributed by atoms with van der Waals surface area (Å²) < 4.78 is 0. The maximum absolute atomic E-state index is 10.8. The summed E-state index contributed by atoms with van der Waals surface area (Å²) in [6, 6.07) is 14.3. The fourth-order valence-corrected chi connectivity index (χ4v) is 3.61. The monoisotopic (exact) mass is 373 g/mol. The van der Waals surface area contributed by atoms with Crippen molar-refractivity contribution < 1.29 is 4.92 Å². The molecule has 0 unspecified atom stereocenters. The molecule has 0 saturated carbocycles. The molecule has 0 aliphatic heterocycles. The van der Waals surface area contributed by atoms with Crippen LogP contribution in [0, 0.1) is 10.1 Å². The number of anilines is 2. The minimum atomic E-state index is -0.405. The van der Waals surface area contributed by atoms with Crippen molar-refractivity contribution in [2.45, 2.75) is 19.9 Å². The lowest BCUT2D eigenvalue weighted by Gasteiger charge is -2.26. The summed E-state index contributed by atoms with van der Waals surface area (Å²) in [7, 11) is 0. The van der Waals surface area contributed by atoms with Crippen molar-refractivity contribution in [3.05, 3.63) is 69.0 Å². The summed E-state index contributed by atoms with van der Waals surface area (Å²) in [6.07, 6.45) is 0. The molecule has 0 aliphatic carbocycles. The molecule has 0 spiro atoms. The van der Waals surface area contributed by atoms with E-state index < -0.39 is 4.92 Å². The van der Waals surface area contributed by atoms with Crippen molar-refractivity contribution in [3.63, 3.8) is 0 Å². The average Bonchev–Trinajstić information content (AvgIpc) is 3.06. The van der Waals surface area contributed by atoms with Gasteiger partial charge in [0, 0.05) is 39.8 Å². The van der Waals surface area contributed by atoms with E-state index in [4.69, 9.17) is 16.6 Å². The predicted molar refractivity (Wildman–Crippen MR) is 103 cm³/mol. The fraction of sp³-hybridized carbons (Fsp3) is 0.167. The van der Waals surface area contributed by atoms with Gasteiger partial charge in [0.15, 0.2) is 5.13 Å². The molecule has 0 atom stereocenters. The second-order valence-corrected chi connectivity index (χ2v) is 7.03. The highest BCUT2D eigenvalue weighted by molar-refractivity contribution is 7.14. The predicted octanol–water partition coefficient (Wildman–Crippen LogP) is 5.92. The van der Waals surface area contributed by atoms with Gasteiger partial charge in [-0.05, 0) is 50.2 Å². The number of aromatic nitrogens is 1. The van der Waals surface area contributed by atoms with Crippen molar-refractivity contribution in [3.8, 4) is 11.3 Å². The summed E-state index contributed by atoms with van der Waals surface area (Å²) in [5.74, 6) is 0. The number of thiazole rings is 1. The van der Waals surface area contributed by atoms with Gasteiger partial charge in [-0.3, -0.25) is 10.1 Å². The highest BCUT2D eigenvalue weighted by Gasteiger charge is 2.17. The van der Waals surface area contributed by atoms with Gasteiger partial charge in [-0.2, -0.15) is 0 Å². The molecular weight excluding hydrogens is 358 g/mol. The molecule has 128 valence electrons. The van der Waals surface area contributed by atoms with Gasteiger partial charge in [0.05, 0.1) is 10.6 Å². The van der Waals surface area contributed by atoms with Crippen LogP contribution in [0.3, 0.4) is 0 Å². The highest BCUT2D eigenvalue weighted by Crippen LogP contribution is 2.34. The number of nitrogens with zero attached hydrogens (tertiary/aromatic N) is 3. The van der Waals surface area contributed by atoms with E-state index in [1.54, 1.807) is 12.1 Å². The topological polar surface area (TPSA) is 59.3 Å². The van der Waals surface area contributed by atoms with Gasteiger partial charge in [-0.1, -0.05) is 11.6 Å². The lowest BCUT2D eigenvalue weighted by molar-refractivity contribution is -0.384. The summed E-state index contributed by atoms with van der Waals surface area (Å²) >= 11 is 7.52. The lowest BCUT2D eigenvalue weighted by Crippen LogP contribution is -2.25. The molecular formula is C18H16ClN3O2S. The Hall–Kier alpha value is -2.44. The number of halogens is 1. The first-order valence-corrected chi connectivity index (χ1v) is 8.96. The molecule has 2 aromatic carbocycles. The van der Waals surface area contributed by atoms with E-state index in [1.807, 2.05) is 29.6 Å². The molecule has 0 saturated heterocycles. The third-order valence-corrected chi connectivity index (χ3v) is 4.79. The van der Waals surface area contributed by atoms with Gasteiger partial charge in [-0.25, -0.2) is 4.98 Å². The molecule has 0 N–H and O–H groups in total. The van der Waals surface area contributed by atoms with Crippen LogP contribution >= 0.6 is 22.9 Å². The maximum atomic E-state index is 10.8. The van der Waals surface area contributed by atoms with Gasteiger partial charge >= 0.3 is 0 Å². The van der Waals surface area contributed by atoms with Crippen LogP contribution in [0.1, 0.15) is 13.8 Å². The second kappa shape index (κ2) is 7.21. The number of benzene rings is 2. The van der Waals surface area contributed by atoms with Crippen LogP contribution < -0.4 is 4.90 Å². The molecule has 0 bridgehead atoms. The van der Waals surface area contributed by atoms with E-state index in [2.05, 4.69) is 18.7 Å². The Morgan fingerprint density at radius 1 is 1.12 bits per heavy atom. The molecule has 5 nitrogen and oxygen atoms in total. The van der Waals surface area contributed by atoms with Crippen LogP contribution in [0.4, 0.5) is 16.5 Å². The molecule has 0 radical (unpaired) electrons. The van der Waals surface area contributed by atoms with Crippen molar-refractivity contribution >= 4 is 39.4 Å². The highest BCUT2D eigenvalue weighted by atomic mass is 35.5. The van der Waals surface area contributed by atoms with E-state index in [0.29, 0.717) is 5.02 Å². The second-order valence-electron chi connectivity index (χ2n) is 5.76. The Bertz CT molecular complexity index is 876. The molecule has 0 aliphatic rings. The Balaban J connectivity index is 1.92. The molecule has 25 heavy (non-hydrogen) atoms. The third-order valence-electron chi connectivity index (χ3n) is 3.69. The summed E-state index contributed by atoms with van der Waals surface area (Å²) in [6.45, 7) is 4.20. The van der Waals surface area contributed by atoms with Crippen LogP contribution in [-0.4, -0.2) is 15.9 Å². The zero-order valence-electron chi connectivity index (χ0n) is 13.7. The van der Waals surface area contributed by atoms with Crippen LogP contribution in [0.15, 0.2) is 53.9 Å². The quantitative estimate of drug-likeness (QED) is 0.411. The van der Waals surface area contributed by atoms with Gasteiger partial charge in [0.2, 0.25) is 0 Å². The van der Waals surface area contributed by atoms with Crippen LogP contribution in [0.5, 0.6) is 0 Å².